The molecule has 0 heterocycles. The van der Waals surface area contributed by atoms with Crippen LogP contribution in [0.5, 0.6) is 0 Å². The monoisotopic (exact) mass is 339 g/mol. The minimum Gasteiger partial charge on any atom is -0.310 e. The zero-order chi connectivity index (χ0) is 14.5. The quantitative estimate of drug-likeness (QED) is 0.837. The van der Waals surface area contributed by atoms with Crippen molar-refractivity contribution in [3.8, 4) is 0 Å². The van der Waals surface area contributed by atoms with Gasteiger partial charge in [-0.15, -0.1) is 0 Å². The number of rotatable bonds is 5. The SMILES string of the molecule is CC(NCCc1cccc(F)c1)c1ccc(Br)cc1F. The van der Waals surface area contributed by atoms with Gasteiger partial charge in [0.05, 0.1) is 0 Å². The van der Waals surface area contributed by atoms with Crippen molar-refractivity contribution in [1.29, 1.82) is 0 Å². The minimum atomic E-state index is -0.231. The van der Waals surface area contributed by atoms with E-state index >= 15 is 0 Å². The molecule has 1 unspecified atom stereocenters. The molecule has 1 N–H and O–H groups in total. The number of nitrogens with one attached hydrogen (secondary N) is 1. The number of halogens is 3. The van der Waals surface area contributed by atoms with Crippen LogP contribution in [0.15, 0.2) is 46.9 Å². The molecular weight excluding hydrogens is 324 g/mol. The molecule has 0 spiro atoms. The summed E-state index contributed by atoms with van der Waals surface area (Å²) >= 11 is 3.24. The third-order valence-electron chi connectivity index (χ3n) is 3.18. The summed E-state index contributed by atoms with van der Waals surface area (Å²) in [5.74, 6) is -0.459. The number of hydrogen-bond donors (Lipinski definition) is 1. The molecule has 0 aliphatic heterocycles. The van der Waals surface area contributed by atoms with Gasteiger partial charge in [0.25, 0.3) is 0 Å². The summed E-state index contributed by atoms with van der Waals surface area (Å²) in [5.41, 5.74) is 1.56. The summed E-state index contributed by atoms with van der Waals surface area (Å²) in [6, 6.07) is 11.5. The van der Waals surface area contributed by atoms with E-state index in [1.807, 2.05) is 19.1 Å². The van der Waals surface area contributed by atoms with Crippen LogP contribution < -0.4 is 5.32 Å². The Bertz CT molecular complexity index is 586. The molecular formula is C16H16BrF2N. The highest BCUT2D eigenvalue weighted by Gasteiger charge is 2.10. The first-order valence-corrected chi connectivity index (χ1v) is 7.28. The molecule has 0 aliphatic carbocycles. The van der Waals surface area contributed by atoms with Crippen molar-refractivity contribution in [2.75, 3.05) is 6.54 Å². The smallest absolute Gasteiger partial charge is 0.129 e. The van der Waals surface area contributed by atoms with E-state index in [1.54, 1.807) is 12.1 Å². The molecule has 0 bridgehead atoms. The Morgan fingerprint density at radius 3 is 2.65 bits per heavy atom. The molecule has 0 saturated carbocycles. The highest BCUT2D eigenvalue weighted by molar-refractivity contribution is 9.10. The fraction of sp³-hybridized carbons (Fsp3) is 0.250. The second kappa shape index (κ2) is 6.95. The van der Waals surface area contributed by atoms with E-state index in [4.69, 9.17) is 0 Å². The molecule has 1 atom stereocenters. The van der Waals surface area contributed by atoms with Crippen molar-refractivity contribution >= 4 is 15.9 Å². The van der Waals surface area contributed by atoms with Gasteiger partial charge in [0.15, 0.2) is 0 Å². The van der Waals surface area contributed by atoms with Gasteiger partial charge in [0.1, 0.15) is 11.6 Å². The average molecular weight is 340 g/mol. The summed E-state index contributed by atoms with van der Waals surface area (Å²) in [6.45, 7) is 2.58. The van der Waals surface area contributed by atoms with Crippen LogP contribution in [0.2, 0.25) is 0 Å². The van der Waals surface area contributed by atoms with Crippen molar-refractivity contribution < 1.29 is 8.78 Å². The van der Waals surface area contributed by atoms with Gasteiger partial charge in [-0.3, -0.25) is 0 Å². The summed E-state index contributed by atoms with van der Waals surface area (Å²) in [7, 11) is 0. The zero-order valence-corrected chi connectivity index (χ0v) is 12.8. The Labute approximate surface area is 126 Å². The Hall–Kier alpha value is -1.26. The van der Waals surface area contributed by atoms with Gasteiger partial charge < -0.3 is 5.32 Å². The number of hydrogen-bond acceptors (Lipinski definition) is 1. The van der Waals surface area contributed by atoms with Crippen LogP contribution in [0.3, 0.4) is 0 Å². The van der Waals surface area contributed by atoms with Gasteiger partial charge in [-0.1, -0.05) is 34.1 Å². The lowest BCUT2D eigenvalue weighted by molar-refractivity contribution is 0.530. The topological polar surface area (TPSA) is 12.0 Å². The molecule has 20 heavy (non-hydrogen) atoms. The maximum atomic E-state index is 13.8. The van der Waals surface area contributed by atoms with Crippen LogP contribution in [-0.2, 0) is 6.42 Å². The second-order valence-corrected chi connectivity index (χ2v) is 5.64. The fourth-order valence-electron chi connectivity index (χ4n) is 2.09. The van der Waals surface area contributed by atoms with E-state index in [1.165, 1.54) is 18.2 Å². The molecule has 106 valence electrons. The van der Waals surface area contributed by atoms with E-state index in [0.29, 0.717) is 18.5 Å². The van der Waals surface area contributed by atoms with Gasteiger partial charge in [0.2, 0.25) is 0 Å². The maximum Gasteiger partial charge on any atom is 0.129 e. The van der Waals surface area contributed by atoms with Gasteiger partial charge in [0, 0.05) is 16.1 Å². The van der Waals surface area contributed by atoms with E-state index in [9.17, 15) is 8.78 Å². The Balaban J connectivity index is 1.90. The Morgan fingerprint density at radius 2 is 1.95 bits per heavy atom. The van der Waals surface area contributed by atoms with Crippen molar-refractivity contribution in [2.24, 2.45) is 0 Å². The minimum absolute atomic E-state index is 0.0864. The lowest BCUT2D eigenvalue weighted by atomic mass is 10.1. The van der Waals surface area contributed by atoms with Crippen LogP contribution in [0, 0.1) is 11.6 Å². The van der Waals surface area contributed by atoms with Crippen molar-refractivity contribution in [3.63, 3.8) is 0 Å². The normalized spacial score (nSPS) is 12.4. The third-order valence-corrected chi connectivity index (χ3v) is 3.68. The van der Waals surface area contributed by atoms with Crippen LogP contribution in [0.25, 0.3) is 0 Å². The van der Waals surface area contributed by atoms with E-state index in [2.05, 4.69) is 21.2 Å². The summed E-state index contributed by atoms with van der Waals surface area (Å²) in [4.78, 5) is 0. The second-order valence-electron chi connectivity index (χ2n) is 4.72. The van der Waals surface area contributed by atoms with Crippen LogP contribution in [0.1, 0.15) is 24.1 Å². The first-order chi connectivity index (χ1) is 9.56. The van der Waals surface area contributed by atoms with E-state index in [-0.39, 0.29) is 17.7 Å². The summed E-state index contributed by atoms with van der Waals surface area (Å²) in [5, 5.41) is 3.25. The fourth-order valence-corrected chi connectivity index (χ4v) is 2.42. The average Bonchev–Trinajstić information content (AvgIpc) is 2.38. The van der Waals surface area contributed by atoms with Gasteiger partial charge in [-0.05, 0) is 49.7 Å². The molecule has 2 aromatic rings. The molecule has 0 amide bonds. The van der Waals surface area contributed by atoms with Crippen molar-refractivity contribution in [1.82, 2.24) is 5.32 Å². The predicted octanol–water partition coefficient (Wildman–Crippen LogP) is 4.62. The lowest BCUT2D eigenvalue weighted by Gasteiger charge is -2.15. The lowest BCUT2D eigenvalue weighted by Crippen LogP contribution is -2.22. The Morgan fingerprint density at radius 1 is 1.15 bits per heavy atom. The number of benzene rings is 2. The molecule has 0 saturated heterocycles. The van der Waals surface area contributed by atoms with Crippen molar-refractivity contribution in [3.05, 3.63) is 69.7 Å². The zero-order valence-electron chi connectivity index (χ0n) is 11.2. The molecule has 0 aliphatic rings. The predicted molar refractivity (Wildman–Crippen MR) is 80.6 cm³/mol. The summed E-state index contributed by atoms with van der Waals surface area (Å²) in [6.07, 6.45) is 0.709. The molecule has 2 rings (SSSR count). The molecule has 0 radical (unpaired) electrons. The molecule has 2 aromatic carbocycles. The van der Waals surface area contributed by atoms with Crippen molar-refractivity contribution in [2.45, 2.75) is 19.4 Å². The maximum absolute atomic E-state index is 13.8. The molecule has 0 aromatic heterocycles. The third kappa shape index (κ3) is 4.12. The van der Waals surface area contributed by atoms with Gasteiger partial charge in [-0.2, -0.15) is 0 Å². The summed E-state index contributed by atoms with van der Waals surface area (Å²) < 4.78 is 27.5. The first kappa shape index (κ1) is 15.1. The van der Waals surface area contributed by atoms with Crippen LogP contribution >= 0.6 is 15.9 Å². The van der Waals surface area contributed by atoms with Gasteiger partial charge >= 0.3 is 0 Å². The largest absolute Gasteiger partial charge is 0.310 e. The molecule has 1 nitrogen and oxygen atoms in total. The first-order valence-electron chi connectivity index (χ1n) is 6.49. The Kier molecular flexibility index (Phi) is 5.26. The van der Waals surface area contributed by atoms with Crippen LogP contribution in [-0.4, -0.2) is 6.54 Å². The molecule has 0 fully saturated rings. The standard InChI is InChI=1S/C16H16BrF2N/c1-11(15-6-5-13(17)10-16(15)19)20-8-7-12-3-2-4-14(18)9-12/h2-6,9-11,20H,7-8H2,1H3. The van der Waals surface area contributed by atoms with Crippen LogP contribution in [0.4, 0.5) is 8.78 Å². The van der Waals surface area contributed by atoms with E-state index < -0.39 is 0 Å². The highest BCUT2D eigenvalue weighted by atomic mass is 79.9. The molecule has 4 heteroatoms. The highest BCUT2D eigenvalue weighted by Crippen LogP contribution is 2.20. The van der Waals surface area contributed by atoms with E-state index in [0.717, 1.165) is 10.0 Å². The van der Waals surface area contributed by atoms with Gasteiger partial charge in [-0.25, -0.2) is 8.78 Å².